The van der Waals surface area contributed by atoms with Gasteiger partial charge in [-0.2, -0.15) is 0 Å². The number of nitrogens with zero attached hydrogens (tertiary/aromatic N) is 1. The second-order valence-corrected chi connectivity index (χ2v) is 9.52. The van der Waals surface area contributed by atoms with Crippen LogP contribution in [0.2, 0.25) is 5.02 Å². The van der Waals surface area contributed by atoms with E-state index in [4.69, 9.17) is 22.3 Å². The zero-order valence-electron chi connectivity index (χ0n) is 18.4. The molecule has 32 heavy (non-hydrogen) atoms. The molecule has 1 saturated carbocycles. The molecule has 1 amide bonds. The van der Waals surface area contributed by atoms with Crippen LogP contribution in [0.25, 0.3) is 10.9 Å². The molecule has 1 aliphatic carbocycles. The Hall–Kier alpha value is -2.83. The quantitative estimate of drug-likeness (QED) is 0.427. The van der Waals surface area contributed by atoms with Gasteiger partial charge >= 0.3 is 0 Å². The Bertz CT molecular complexity index is 1140. The summed E-state index contributed by atoms with van der Waals surface area (Å²) in [5.74, 6) is -0.0483. The number of hydrogen-bond acceptors (Lipinski definition) is 4. The van der Waals surface area contributed by atoms with Gasteiger partial charge in [-0.15, -0.1) is 0 Å². The van der Waals surface area contributed by atoms with Crippen molar-refractivity contribution in [1.82, 2.24) is 10.3 Å². The van der Waals surface area contributed by atoms with E-state index in [1.54, 1.807) is 19.9 Å². The predicted molar refractivity (Wildman–Crippen MR) is 130 cm³/mol. The molecule has 0 bridgehead atoms. The number of hydrogen-bond donors (Lipinski definition) is 4. The summed E-state index contributed by atoms with van der Waals surface area (Å²) >= 11 is 6.14. The van der Waals surface area contributed by atoms with Gasteiger partial charge in [0.05, 0.1) is 28.4 Å². The van der Waals surface area contributed by atoms with Gasteiger partial charge in [0, 0.05) is 22.0 Å². The van der Waals surface area contributed by atoms with Crippen molar-refractivity contribution in [2.45, 2.75) is 57.2 Å². The average molecular weight is 453 g/mol. The third-order valence-electron chi connectivity index (χ3n) is 5.95. The van der Waals surface area contributed by atoms with E-state index in [1.165, 1.54) is 0 Å². The minimum Gasteiger partial charge on any atom is -0.494 e. The van der Waals surface area contributed by atoms with Crippen LogP contribution in [0, 0.1) is 0 Å². The lowest BCUT2D eigenvalue weighted by Crippen LogP contribution is -2.52. The lowest BCUT2D eigenvalue weighted by molar-refractivity contribution is -0.126. The average Bonchev–Trinajstić information content (AvgIpc) is 3.07. The monoisotopic (exact) mass is 452 g/mol. The Morgan fingerprint density at radius 1 is 1.16 bits per heavy atom. The van der Waals surface area contributed by atoms with Crippen molar-refractivity contribution in [2.24, 2.45) is 10.7 Å². The maximum atomic E-state index is 12.2. The molecule has 1 aliphatic rings. The number of nitrogens with one attached hydrogen (secondary N) is 2. The molecule has 0 unspecified atom stereocenters. The molecule has 0 aliphatic heterocycles. The van der Waals surface area contributed by atoms with Crippen LogP contribution < -0.4 is 11.1 Å². The first kappa shape index (κ1) is 22.4. The largest absolute Gasteiger partial charge is 0.494 e. The summed E-state index contributed by atoms with van der Waals surface area (Å²) in [5.41, 5.74) is 8.18. The summed E-state index contributed by atoms with van der Waals surface area (Å²) in [4.78, 5) is 20.4. The number of aromatic amines is 1. The molecule has 1 heterocycles. The van der Waals surface area contributed by atoms with Crippen molar-refractivity contribution in [3.8, 4) is 5.88 Å². The van der Waals surface area contributed by atoms with Crippen LogP contribution in [-0.4, -0.2) is 39.3 Å². The van der Waals surface area contributed by atoms with Gasteiger partial charge in [0.15, 0.2) is 5.88 Å². The highest BCUT2D eigenvalue weighted by molar-refractivity contribution is 6.31. The lowest BCUT2D eigenvalue weighted by Gasteiger charge is -2.30. The smallest absolute Gasteiger partial charge is 0.239 e. The Morgan fingerprint density at radius 3 is 2.50 bits per heavy atom. The highest BCUT2D eigenvalue weighted by Gasteiger charge is 2.28. The zero-order chi connectivity index (χ0) is 22.9. The normalized spacial score (nSPS) is 19.8. The van der Waals surface area contributed by atoms with Gasteiger partial charge in [-0.25, -0.2) is 0 Å². The predicted octanol–water partition coefficient (Wildman–Crippen LogP) is 4.53. The summed E-state index contributed by atoms with van der Waals surface area (Å²) in [6, 6.07) is 15.6. The molecular formula is C25H29ClN4O2. The number of carbonyl (C=O) groups is 1. The molecule has 1 fully saturated rings. The summed E-state index contributed by atoms with van der Waals surface area (Å²) in [5, 5.41) is 15.3. The van der Waals surface area contributed by atoms with E-state index >= 15 is 0 Å². The Kier molecular flexibility index (Phi) is 6.26. The molecule has 0 spiro atoms. The van der Waals surface area contributed by atoms with E-state index in [0.717, 1.165) is 47.9 Å². The van der Waals surface area contributed by atoms with E-state index in [1.807, 2.05) is 42.5 Å². The molecule has 1 aromatic heterocycles. The number of amides is 1. The van der Waals surface area contributed by atoms with Crippen molar-refractivity contribution in [3.63, 3.8) is 0 Å². The highest BCUT2D eigenvalue weighted by atomic mass is 35.5. The first-order chi connectivity index (χ1) is 15.2. The number of carbonyl (C=O) groups excluding carboxylic acids is 1. The SMILES string of the molecule is CC(C)(N)C(=O)NC1CCC(N=C(c2ccccc2)c2c(O)[nH]c3cc(Cl)ccc23)CC1. The number of aromatic nitrogens is 1. The molecule has 3 aromatic rings. The van der Waals surface area contributed by atoms with Crippen LogP contribution in [0.1, 0.15) is 50.7 Å². The number of aliphatic imine (C=N–C) groups is 1. The Morgan fingerprint density at radius 2 is 1.84 bits per heavy atom. The van der Waals surface area contributed by atoms with Crippen LogP contribution in [0.5, 0.6) is 5.88 Å². The van der Waals surface area contributed by atoms with Crippen LogP contribution in [-0.2, 0) is 4.79 Å². The fourth-order valence-electron chi connectivity index (χ4n) is 4.18. The third kappa shape index (κ3) is 4.81. The van der Waals surface area contributed by atoms with Gasteiger partial charge in [0.25, 0.3) is 0 Å². The van der Waals surface area contributed by atoms with E-state index in [-0.39, 0.29) is 23.9 Å². The van der Waals surface area contributed by atoms with Gasteiger partial charge in [0.1, 0.15) is 0 Å². The molecule has 7 heteroatoms. The molecule has 2 aromatic carbocycles. The summed E-state index contributed by atoms with van der Waals surface area (Å²) in [7, 11) is 0. The fourth-order valence-corrected chi connectivity index (χ4v) is 4.35. The van der Waals surface area contributed by atoms with Gasteiger partial charge in [-0.05, 0) is 51.7 Å². The van der Waals surface area contributed by atoms with Crippen LogP contribution >= 0.6 is 11.6 Å². The molecule has 0 atom stereocenters. The summed E-state index contributed by atoms with van der Waals surface area (Å²) < 4.78 is 0. The molecule has 4 rings (SSSR count). The van der Waals surface area contributed by atoms with Crippen molar-refractivity contribution < 1.29 is 9.90 Å². The van der Waals surface area contributed by atoms with Crippen molar-refractivity contribution >= 4 is 34.1 Å². The first-order valence-electron chi connectivity index (χ1n) is 11.0. The van der Waals surface area contributed by atoms with E-state index in [0.29, 0.717) is 10.6 Å². The van der Waals surface area contributed by atoms with Crippen molar-refractivity contribution in [2.75, 3.05) is 0 Å². The fraction of sp³-hybridized carbons (Fsp3) is 0.360. The van der Waals surface area contributed by atoms with Crippen LogP contribution in [0.3, 0.4) is 0 Å². The number of aromatic hydroxyl groups is 1. The third-order valence-corrected chi connectivity index (χ3v) is 6.19. The van der Waals surface area contributed by atoms with E-state index in [9.17, 15) is 9.90 Å². The number of nitrogens with two attached hydrogens (primary N) is 1. The van der Waals surface area contributed by atoms with E-state index in [2.05, 4.69) is 10.3 Å². The number of rotatable bonds is 5. The van der Waals surface area contributed by atoms with Gasteiger partial charge in [-0.3, -0.25) is 9.79 Å². The number of halogens is 1. The topological polar surface area (TPSA) is 104 Å². The second-order valence-electron chi connectivity index (χ2n) is 9.08. The molecule has 168 valence electrons. The van der Waals surface area contributed by atoms with Crippen LogP contribution in [0.4, 0.5) is 0 Å². The maximum Gasteiger partial charge on any atom is 0.239 e. The number of fused-ring (bicyclic) bond motifs is 1. The Labute approximate surface area is 192 Å². The van der Waals surface area contributed by atoms with Crippen molar-refractivity contribution in [3.05, 3.63) is 64.7 Å². The minimum atomic E-state index is -0.884. The zero-order valence-corrected chi connectivity index (χ0v) is 19.1. The van der Waals surface area contributed by atoms with Gasteiger partial charge in [-0.1, -0.05) is 48.0 Å². The highest BCUT2D eigenvalue weighted by Crippen LogP contribution is 2.33. The van der Waals surface area contributed by atoms with Gasteiger partial charge in [0.2, 0.25) is 5.91 Å². The first-order valence-corrected chi connectivity index (χ1v) is 11.3. The van der Waals surface area contributed by atoms with Crippen molar-refractivity contribution in [1.29, 1.82) is 0 Å². The van der Waals surface area contributed by atoms with Crippen LogP contribution in [0.15, 0.2) is 53.5 Å². The van der Waals surface area contributed by atoms with E-state index < -0.39 is 5.54 Å². The molecule has 6 nitrogen and oxygen atoms in total. The summed E-state index contributed by atoms with van der Waals surface area (Å²) in [6.07, 6.45) is 3.38. The molecule has 0 saturated heterocycles. The maximum absolute atomic E-state index is 12.2. The molecule has 0 radical (unpaired) electrons. The summed E-state index contributed by atoms with van der Waals surface area (Å²) in [6.45, 7) is 3.43. The lowest BCUT2D eigenvalue weighted by atomic mass is 9.90. The Balaban J connectivity index is 1.63. The number of benzene rings is 2. The second kappa shape index (κ2) is 8.96. The van der Waals surface area contributed by atoms with Gasteiger partial charge < -0.3 is 21.1 Å². The molecule has 5 N–H and O–H groups in total. The molecular weight excluding hydrogens is 424 g/mol. The minimum absolute atomic E-state index is 0.0796. The standard InChI is InChI=1S/C25H29ClN4O2/c1-25(2,27)24(32)29-18-11-9-17(10-12-18)28-22(15-6-4-3-5-7-15)21-19-13-8-16(26)14-20(19)30-23(21)31/h3-8,13-14,17-18,30-31H,9-12,27H2,1-2H3,(H,29,32). The number of H-pyrrole nitrogens is 1.